The van der Waals surface area contributed by atoms with Crippen molar-refractivity contribution in [2.24, 2.45) is 5.92 Å². The van der Waals surface area contributed by atoms with Gasteiger partial charge in [-0.15, -0.1) is 0 Å². The number of hydrogen-bond donors (Lipinski definition) is 0. The van der Waals surface area contributed by atoms with Gasteiger partial charge >= 0.3 is 6.09 Å². The number of piperidine rings is 1. The van der Waals surface area contributed by atoms with Gasteiger partial charge in [0.05, 0.1) is 13.7 Å². The highest BCUT2D eigenvalue weighted by atomic mass is 19.1. The van der Waals surface area contributed by atoms with E-state index in [4.69, 9.17) is 18.6 Å². The topological polar surface area (TPSA) is 74.0 Å². The first-order chi connectivity index (χ1) is 15.7. The third kappa shape index (κ3) is 5.56. The number of amides is 1. The van der Waals surface area contributed by atoms with E-state index in [0.717, 1.165) is 12.8 Å². The molecule has 8 heteroatoms. The van der Waals surface area contributed by atoms with Crippen LogP contribution in [0, 0.1) is 11.7 Å². The van der Waals surface area contributed by atoms with Gasteiger partial charge in [-0.2, -0.15) is 0 Å². The van der Waals surface area contributed by atoms with Crippen LogP contribution in [0.5, 0.6) is 11.5 Å². The second-order valence-electron chi connectivity index (χ2n) is 9.22. The van der Waals surface area contributed by atoms with Crippen LogP contribution in [-0.4, -0.2) is 48.4 Å². The summed E-state index contributed by atoms with van der Waals surface area (Å²) in [5.41, 5.74) is 1.26. The Labute approximate surface area is 192 Å². The van der Waals surface area contributed by atoms with E-state index in [0.29, 0.717) is 48.0 Å². The summed E-state index contributed by atoms with van der Waals surface area (Å²) >= 11 is 0. The van der Waals surface area contributed by atoms with Gasteiger partial charge in [0.1, 0.15) is 16.9 Å². The summed E-state index contributed by atoms with van der Waals surface area (Å²) in [6.07, 6.45) is 1.28. The molecule has 33 heavy (non-hydrogen) atoms. The van der Waals surface area contributed by atoms with Crippen LogP contribution < -0.4 is 9.47 Å². The second kappa shape index (κ2) is 9.29. The number of rotatable bonds is 5. The van der Waals surface area contributed by atoms with E-state index in [-0.39, 0.29) is 17.8 Å². The minimum absolute atomic E-state index is 0.186. The summed E-state index contributed by atoms with van der Waals surface area (Å²) in [6.45, 7) is 7.16. The molecule has 0 bridgehead atoms. The molecule has 2 heterocycles. The van der Waals surface area contributed by atoms with Gasteiger partial charge < -0.3 is 23.5 Å². The molecule has 1 aromatic heterocycles. The first kappa shape index (κ1) is 22.9. The van der Waals surface area contributed by atoms with Crippen LogP contribution in [0.3, 0.4) is 0 Å². The predicted molar refractivity (Wildman–Crippen MR) is 122 cm³/mol. The molecule has 1 amide bonds. The first-order valence-corrected chi connectivity index (χ1v) is 11.1. The first-order valence-electron chi connectivity index (χ1n) is 11.1. The van der Waals surface area contributed by atoms with E-state index in [2.05, 4.69) is 4.98 Å². The van der Waals surface area contributed by atoms with Crippen LogP contribution in [0.2, 0.25) is 0 Å². The summed E-state index contributed by atoms with van der Waals surface area (Å²) < 4.78 is 36.8. The Morgan fingerprint density at radius 3 is 2.61 bits per heavy atom. The molecule has 0 saturated carbocycles. The van der Waals surface area contributed by atoms with Crippen LogP contribution in [0.15, 0.2) is 40.8 Å². The average molecular weight is 457 g/mol. The molecule has 1 fully saturated rings. The Bertz CT molecular complexity index is 1130. The summed E-state index contributed by atoms with van der Waals surface area (Å²) in [7, 11) is 1.58. The van der Waals surface area contributed by atoms with Gasteiger partial charge in [0.15, 0.2) is 17.1 Å². The second-order valence-corrected chi connectivity index (χ2v) is 9.22. The number of halogens is 1. The molecule has 1 aliphatic heterocycles. The molecule has 3 aromatic rings. The van der Waals surface area contributed by atoms with E-state index in [1.54, 1.807) is 42.3 Å². The number of benzene rings is 2. The highest BCUT2D eigenvalue weighted by molar-refractivity contribution is 5.77. The number of likely N-dealkylation sites (tertiary alicyclic amines) is 1. The molecular formula is C25H29FN2O5. The lowest BCUT2D eigenvalue weighted by molar-refractivity contribution is 0.0164. The maximum Gasteiger partial charge on any atom is 0.410 e. The number of fused-ring (bicyclic) bond motifs is 1. The van der Waals surface area contributed by atoms with Crippen molar-refractivity contribution in [3.05, 3.63) is 42.2 Å². The van der Waals surface area contributed by atoms with E-state index in [1.165, 1.54) is 6.07 Å². The Morgan fingerprint density at radius 1 is 1.18 bits per heavy atom. The lowest BCUT2D eigenvalue weighted by atomic mass is 9.98. The smallest absolute Gasteiger partial charge is 0.410 e. The third-order valence-corrected chi connectivity index (χ3v) is 5.51. The van der Waals surface area contributed by atoms with Gasteiger partial charge in [0.25, 0.3) is 0 Å². The largest absolute Gasteiger partial charge is 0.497 e. The Morgan fingerprint density at radius 2 is 1.94 bits per heavy atom. The molecule has 0 N–H and O–H groups in total. The quantitative estimate of drug-likeness (QED) is 0.493. The highest BCUT2D eigenvalue weighted by Crippen LogP contribution is 2.30. The zero-order chi connectivity index (χ0) is 23.6. The van der Waals surface area contributed by atoms with Crippen molar-refractivity contribution in [2.75, 3.05) is 26.8 Å². The Hall–Kier alpha value is -3.29. The molecule has 2 aromatic carbocycles. The molecule has 0 spiro atoms. The number of oxazole rings is 1. The van der Waals surface area contributed by atoms with Gasteiger partial charge in [-0.3, -0.25) is 0 Å². The highest BCUT2D eigenvalue weighted by Gasteiger charge is 2.27. The average Bonchev–Trinajstić information content (AvgIpc) is 3.20. The molecule has 0 radical (unpaired) electrons. The van der Waals surface area contributed by atoms with Crippen LogP contribution in [0.25, 0.3) is 22.6 Å². The van der Waals surface area contributed by atoms with Crippen molar-refractivity contribution in [3.63, 3.8) is 0 Å². The Kier molecular flexibility index (Phi) is 6.44. The molecular weight excluding hydrogens is 427 g/mol. The summed E-state index contributed by atoms with van der Waals surface area (Å²) in [5.74, 6) is 0.965. The lowest BCUT2D eigenvalue weighted by Crippen LogP contribution is -2.42. The summed E-state index contributed by atoms with van der Waals surface area (Å²) in [6, 6.07) is 10.0. The number of ether oxygens (including phenoxy) is 3. The van der Waals surface area contributed by atoms with Gasteiger partial charge in [0, 0.05) is 24.7 Å². The Balaban J connectivity index is 1.34. The number of aromatic nitrogens is 1. The van der Waals surface area contributed by atoms with E-state index in [1.807, 2.05) is 20.8 Å². The summed E-state index contributed by atoms with van der Waals surface area (Å²) in [4.78, 5) is 18.3. The maximum atomic E-state index is 14.7. The number of hydrogen-bond acceptors (Lipinski definition) is 6. The van der Waals surface area contributed by atoms with Gasteiger partial charge in [-0.1, -0.05) is 0 Å². The maximum absolute atomic E-state index is 14.7. The van der Waals surface area contributed by atoms with E-state index in [9.17, 15) is 9.18 Å². The van der Waals surface area contributed by atoms with E-state index >= 15 is 0 Å². The van der Waals surface area contributed by atoms with Crippen molar-refractivity contribution in [1.29, 1.82) is 0 Å². The molecule has 0 aliphatic carbocycles. The van der Waals surface area contributed by atoms with Crippen molar-refractivity contribution >= 4 is 17.2 Å². The summed E-state index contributed by atoms with van der Waals surface area (Å²) in [5, 5.41) is 0. The van der Waals surface area contributed by atoms with Crippen molar-refractivity contribution in [2.45, 2.75) is 39.2 Å². The van der Waals surface area contributed by atoms with Gasteiger partial charge in [-0.05, 0) is 69.9 Å². The van der Waals surface area contributed by atoms with Crippen LogP contribution in [0.4, 0.5) is 9.18 Å². The molecule has 7 nitrogen and oxygen atoms in total. The minimum atomic E-state index is -0.508. The van der Waals surface area contributed by atoms with Gasteiger partial charge in [0.2, 0.25) is 5.89 Å². The fraction of sp³-hybridized carbons (Fsp3) is 0.440. The standard InChI is InChI=1S/C25H29FN2O5/c1-25(2,3)33-24(29)28-11-9-16(10-12-28)15-31-21-7-5-17(13-19(21)26)23-27-20-14-18(30-4)6-8-22(20)32-23/h5-8,13-14,16H,9-12,15H2,1-4H3. The number of nitrogens with zero attached hydrogens (tertiary/aromatic N) is 2. The molecule has 1 aliphatic rings. The lowest BCUT2D eigenvalue weighted by Gasteiger charge is -2.33. The third-order valence-electron chi connectivity index (χ3n) is 5.51. The fourth-order valence-electron chi connectivity index (χ4n) is 3.72. The minimum Gasteiger partial charge on any atom is -0.497 e. The van der Waals surface area contributed by atoms with E-state index < -0.39 is 11.4 Å². The van der Waals surface area contributed by atoms with Crippen molar-refractivity contribution < 1.29 is 27.8 Å². The van der Waals surface area contributed by atoms with Crippen molar-refractivity contribution in [1.82, 2.24) is 9.88 Å². The number of carbonyl (C=O) groups excluding carboxylic acids is 1. The molecule has 4 rings (SSSR count). The molecule has 0 unspecified atom stereocenters. The number of carbonyl (C=O) groups is 1. The predicted octanol–water partition coefficient (Wildman–Crippen LogP) is 5.67. The zero-order valence-electron chi connectivity index (χ0n) is 19.4. The SMILES string of the molecule is COc1ccc2oc(-c3ccc(OCC4CCN(C(=O)OC(C)(C)C)CC4)c(F)c3)nc2c1. The number of methoxy groups -OCH3 is 1. The normalized spacial score (nSPS) is 15.0. The zero-order valence-corrected chi connectivity index (χ0v) is 19.4. The fourth-order valence-corrected chi connectivity index (χ4v) is 3.72. The molecule has 176 valence electrons. The van der Waals surface area contributed by atoms with Crippen LogP contribution in [0.1, 0.15) is 33.6 Å². The van der Waals surface area contributed by atoms with Crippen LogP contribution in [-0.2, 0) is 4.74 Å². The van der Waals surface area contributed by atoms with Crippen molar-refractivity contribution in [3.8, 4) is 23.0 Å². The van der Waals surface area contributed by atoms with Gasteiger partial charge in [-0.25, -0.2) is 14.2 Å². The van der Waals surface area contributed by atoms with Crippen LogP contribution >= 0.6 is 0 Å². The molecule has 0 atom stereocenters. The molecule has 1 saturated heterocycles. The monoisotopic (exact) mass is 456 g/mol.